The van der Waals surface area contributed by atoms with Gasteiger partial charge in [0.2, 0.25) is 11.8 Å². The summed E-state index contributed by atoms with van der Waals surface area (Å²) in [5.74, 6) is -0.891. The Balaban J connectivity index is 1.99. The van der Waals surface area contributed by atoms with E-state index in [4.69, 9.17) is 0 Å². The second-order valence-corrected chi connectivity index (χ2v) is 5.28. The highest BCUT2D eigenvalue weighted by Gasteiger charge is 2.12. The van der Waals surface area contributed by atoms with E-state index in [9.17, 15) is 14.4 Å². The number of rotatable bonds is 5. The van der Waals surface area contributed by atoms with Gasteiger partial charge in [-0.15, -0.1) is 0 Å². The number of ketones is 1. The number of hydrogen-bond donors (Lipinski definition) is 2. The molecule has 2 rings (SSSR count). The van der Waals surface area contributed by atoms with Crippen molar-refractivity contribution in [3.8, 4) is 0 Å². The molecule has 0 unspecified atom stereocenters. The van der Waals surface area contributed by atoms with Crippen molar-refractivity contribution in [1.82, 2.24) is 0 Å². The summed E-state index contributed by atoms with van der Waals surface area (Å²) < 4.78 is 0. The lowest BCUT2D eigenvalue weighted by Crippen LogP contribution is -2.16. The Kier molecular flexibility index (Phi) is 5.25. The highest BCUT2D eigenvalue weighted by Crippen LogP contribution is 2.14. The Bertz CT molecular complexity index is 736. The zero-order valence-electron chi connectivity index (χ0n) is 13.1. The van der Waals surface area contributed by atoms with Crippen molar-refractivity contribution in [2.75, 3.05) is 10.6 Å². The van der Waals surface area contributed by atoms with Gasteiger partial charge in [0.1, 0.15) is 0 Å². The molecule has 0 spiro atoms. The Morgan fingerprint density at radius 2 is 1.61 bits per heavy atom. The molecule has 0 saturated heterocycles. The highest BCUT2D eigenvalue weighted by atomic mass is 16.2. The summed E-state index contributed by atoms with van der Waals surface area (Å²) >= 11 is 0. The summed E-state index contributed by atoms with van der Waals surface area (Å²) in [7, 11) is 0. The van der Waals surface area contributed by atoms with Gasteiger partial charge in [0.05, 0.1) is 6.42 Å². The van der Waals surface area contributed by atoms with Gasteiger partial charge in [-0.1, -0.05) is 29.8 Å². The zero-order chi connectivity index (χ0) is 16.8. The molecule has 0 aliphatic rings. The Morgan fingerprint density at radius 3 is 2.26 bits per heavy atom. The van der Waals surface area contributed by atoms with Gasteiger partial charge in [-0.3, -0.25) is 14.4 Å². The Hall–Kier alpha value is -2.95. The molecular formula is C18H18N2O3. The summed E-state index contributed by atoms with van der Waals surface area (Å²) in [6.07, 6.45) is -0.253. The first-order valence-corrected chi connectivity index (χ1v) is 7.21. The number of Topliss-reactive ketones (excluding diaryl/α,β-unsaturated/α-hetero) is 1. The molecule has 2 aromatic carbocycles. The number of aryl methyl sites for hydroxylation is 1. The first-order valence-electron chi connectivity index (χ1n) is 7.21. The molecule has 23 heavy (non-hydrogen) atoms. The summed E-state index contributed by atoms with van der Waals surface area (Å²) in [4.78, 5) is 35.1. The average Bonchev–Trinajstić information content (AvgIpc) is 2.49. The standard InChI is InChI=1S/C18H18N2O3/c1-12-6-8-15(9-7-12)20-18(23)11-17(22)14-4-3-5-16(10-14)19-13(2)21/h3-10H,11H2,1-2H3,(H,19,21)(H,20,23). The van der Waals surface area contributed by atoms with E-state index < -0.39 is 0 Å². The Labute approximate surface area is 134 Å². The van der Waals surface area contributed by atoms with E-state index in [1.165, 1.54) is 6.92 Å². The van der Waals surface area contributed by atoms with Crippen LogP contribution in [0.2, 0.25) is 0 Å². The minimum atomic E-state index is -0.371. The maximum atomic E-state index is 12.2. The van der Waals surface area contributed by atoms with Crippen LogP contribution in [0.3, 0.4) is 0 Å². The molecule has 2 amide bonds. The molecule has 5 nitrogen and oxygen atoms in total. The van der Waals surface area contributed by atoms with Crippen molar-refractivity contribution in [3.63, 3.8) is 0 Å². The van der Waals surface area contributed by atoms with Gasteiger partial charge in [0.25, 0.3) is 0 Å². The average molecular weight is 310 g/mol. The quantitative estimate of drug-likeness (QED) is 0.658. The largest absolute Gasteiger partial charge is 0.326 e. The summed E-state index contributed by atoms with van der Waals surface area (Å²) in [5.41, 5.74) is 2.66. The topological polar surface area (TPSA) is 75.3 Å². The van der Waals surface area contributed by atoms with Gasteiger partial charge in [-0.05, 0) is 31.2 Å². The number of hydrogen-bond acceptors (Lipinski definition) is 3. The lowest BCUT2D eigenvalue weighted by Gasteiger charge is -2.07. The fourth-order valence-corrected chi connectivity index (χ4v) is 2.06. The van der Waals surface area contributed by atoms with Crippen LogP contribution in [0.25, 0.3) is 0 Å². The number of anilines is 2. The predicted molar refractivity (Wildman–Crippen MR) is 89.5 cm³/mol. The third-order valence-electron chi connectivity index (χ3n) is 3.16. The molecule has 2 aromatic rings. The van der Waals surface area contributed by atoms with E-state index in [0.29, 0.717) is 16.9 Å². The lowest BCUT2D eigenvalue weighted by atomic mass is 10.1. The number of amides is 2. The third-order valence-corrected chi connectivity index (χ3v) is 3.16. The van der Waals surface area contributed by atoms with Crippen molar-refractivity contribution in [1.29, 1.82) is 0 Å². The molecular weight excluding hydrogens is 292 g/mol. The molecule has 0 bridgehead atoms. The number of carbonyl (C=O) groups excluding carboxylic acids is 3. The summed E-state index contributed by atoms with van der Waals surface area (Å²) in [6, 6.07) is 13.9. The predicted octanol–water partition coefficient (Wildman–Crippen LogP) is 3.16. The normalized spacial score (nSPS) is 10.0. The van der Waals surface area contributed by atoms with Gasteiger partial charge in [0.15, 0.2) is 5.78 Å². The summed E-state index contributed by atoms with van der Waals surface area (Å²) in [6.45, 7) is 3.35. The number of benzene rings is 2. The molecule has 0 aliphatic carbocycles. The van der Waals surface area contributed by atoms with Crippen molar-refractivity contribution in [3.05, 3.63) is 59.7 Å². The molecule has 2 N–H and O–H groups in total. The van der Waals surface area contributed by atoms with Crippen molar-refractivity contribution >= 4 is 29.0 Å². The molecule has 0 atom stereocenters. The van der Waals surface area contributed by atoms with E-state index in [1.54, 1.807) is 36.4 Å². The zero-order valence-corrected chi connectivity index (χ0v) is 13.1. The monoisotopic (exact) mass is 310 g/mol. The van der Waals surface area contributed by atoms with Gasteiger partial charge >= 0.3 is 0 Å². The van der Waals surface area contributed by atoms with Crippen LogP contribution in [0.1, 0.15) is 29.3 Å². The van der Waals surface area contributed by atoms with E-state index >= 15 is 0 Å². The molecule has 118 valence electrons. The summed E-state index contributed by atoms with van der Waals surface area (Å²) in [5, 5.41) is 5.29. The van der Waals surface area contributed by atoms with Crippen LogP contribution in [0.4, 0.5) is 11.4 Å². The van der Waals surface area contributed by atoms with Crippen molar-refractivity contribution in [2.45, 2.75) is 20.3 Å². The van der Waals surface area contributed by atoms with E-state index in [1.807, 2.05) is 19.1 Å². The maximum absolute atomic E-state index is 12.2. The first kappa shape index (κ1) is 16.4. The van der Waals surface area contributed by atoms with Crippen LogP contribution >= 0.6 is 0 Å². The smallest absolute Gasteiger partial charge is 0.232 e. The van der Waals surface area contributed by atoms with Gasteiger partial charge < -0.3 is 10.6 Å². The molecule has 0 fully saturated rings. The van der Waals surface area contributed by atoms with Crippen LogP contribution in [0, 0.1) is 6.92 Å². The van der Waals surface area contributed by atoms with E-state index in [-0.39, 0.29) is 24.0 Å². The third kappa shape index (κ3) is 5.07. The SMILES string of the molecule is CC(=O)Nc1cccc(C(=O)CC(=O)Nc2ccc(C)cc2)c1. The first-order chi connectivity index (χ1) is 10.9. The van der Waals surface area contributed by atoms with Crippen LogP contribution in [0.15, 0.2) is 48.5 Å². The van der Waals surface area contributed by atoms with Gasteiger partial charge in [0, 0.05) is 23.9 Å². The molecule has 0 saturated carbocycles. The second kappa shape index (κ2) is 7.35. The van der Waals surface area contributed by atoms with Crippen molar-refractivity contribution in [2.24, 2.45) is 0 Å². The lowest BCUT2D eigenvalue weighted by molar-refractivity contribution is -0.115. The molecule has 0 heterocycles. The van der Waals surface area contributed by atoms with Gasteiger partial charge in [-0.2, -0.15) is 0 Å². The second-order valence-electron chi connectivity index (χ2n) is 5.28. The highest BCUT2D eigenvalue weighted by molar-refractivity contribution is 6.11. The Morgan fingerprint density at radius 1 is 0.913 bits per heavy atom. The van der Waals surface area contributed by atoms with Crippen LogP contribution < -0.4 is 10.6 Å². The minimum Gasteiger partial charge on any atom is -0.326 e. The number of carbonyl (C=O) groups is 3. The fraction of sp³-hybridized carbons (Fsp3) is 0.167. The fourth-order valence-electron chi connectivity index (χ4n) is 2.06. The molecule has 0 aliphatic heterocycles. The minimum absolute atomic E-state index is 0.216. The molecule has 5 heteroatoms. The molecule has 0 aromatic heterocycles. The van der Waals surface area contributed by atoms with Crippen LogP contribution in [-0.4, -0.2) is 17.6 Å². The van der Waals surface area contributed by atoms with Crippen molar-refractivity contribution < 1.29 is 14.4 Å². The number of nitrogens with one attached hydrogen (secondary N) is 2. The van der Waals surface area contributed by atoms with Crippen LogP contribution in [-0.2, 0) is 9.59 Å². The van der Waals surface area contributed by atoms with Gasteiger partial charge in [-0.25, -0.2) is 0 Å². The molecule has 0 radical (unpaired) electrons. The van der Waals surface area contributed by atoms with Crippen LogP contribution in [0.5, 0.6) is 0 Å². The maximum Gasteiger partial charge on any atom is 0.232 e. The van der Waals surface area contributed by atoms with E-state index in [2.05, 4.69) is 10.6 Å². The van der Waals surface area contributed by atoms with E-state index in [0.717, 1.165) is 5.56 Å².